The molecule has 8 nitrogen and oxygen atoms in total. The van der Waals surface area contributed by atoms with Crippen molar-refractivity contribution in [1.82, 2.24) is 29.9 Å². The second kappa shape index (κ2) is 11.0. The predicted octanol–water partition coefficient (Wildman–Crippen LogP) is 6.02. The van der Waals surface area contributed by atoms with Gasteiger partial charge >= 0.3 is 0 Å². The summed E-state index contributed by atoms with van der Waals surface area (Å²) in [5, 5.41) is 9.63. The van der Waals surface area contributed by atoms with Crippen LogP contribution >= 0.6 is 0 Å². The molecule has 2 aromatic heterocycles. The van der Waals surface area contributed by atoms with E-state index < -0.39 is 0 Å². The van der Waals surface area contributed by atoms with Crippen molar-refractivity contribution in [2.45, 2.75) is 99.5 Å². The van der Waals surface area contributed by atoms with Crippen LogP contribution in [0.15, 0.2) is 0 Å². The first kappa shape index (κ1) is 26.2. The molecule has 0 radical (unpaired) electrons. The first-order valence-corrected chi connectivity index (χ1v) is 13.8. The number of imide groups is 1. The zero-order valence-corrected chi connectivity index (χ0v) is 22.7. The minimum absolute atomic E-state index is 0.165. The molecule has 2 atom stereocenters. The lowest BCUT2D eigenvalue weighted by Gasteiger charge is -2.20. The minimum atomic E-state index is -0.332. The number of rotatable bonds is 12. The summed E-state index contributed by atoms with van der Waals surface area (Å²) >= 11 is 0. The molecule has 2 unspecified atom stereocenters. The third kappa shape index (κ3) is 4.74. The highest BCUT2D eigenvalue weighted by molar-refractivity contribution is 6.20. The van der Waals surface area contributed by atoms with Crippen molar-refractivity contribution in [3.05, 3.63) is 22.5 Å². The van der Waals surface area contributed by atoms with Gasteiger partial charge < -0.3 is 0 Å². The molecule has 1 aliphatic heterocycles. The van der Waals surface area contributed by atoms with Crippen molar-refractivity contribution in [2.75, 3.05) is 6.54 Å². The van der Waals surface area contributed by atoms with E-state index in [1.54, 1.807) is 4.80 Å². The van der Waals surface area contributed by atoms with Crippen LogP contribution in [0.3, 0.4) is 0 Å². The van der Waals surface area contributed by atoms with Gasteiger partial charge in [0, 0.05) is 17.7 Å². The lowest BCUT2D eigenvalue weighted by Crippen LogP contribution is -2.34. The maximum Gasteiger partial charge on any atom is 0.281 e. The molecule has 36 heavy (non-hydrogen) atoms. The Morgan fingerprint density at radius 1 is 0.667 bits per heavy atom. The Balaban J connectivity index is 1.71. The van der Waals surface area contributed by atoms with E-state index in [9.17, 15) is 9.59 Å². The van der Waals surface area contributed by atoms with Crippen LogP contribution in [-0.4, -0.2) is 48.2 Å². The highest BCUT2D eigenvalue weighted by Gasteiger charge is 2.40. The van der Waals surface area contributed by atoms with Gasteiger partial charge in [-0.15, -0.1) is 0 Å². The van der Waals surface area contributed by atoms with Crippen LogP contribution in [-0.2, 0) is 6.54 Å². The number of hydrogen-bond donors (Lipinski definition) is 0. The largest absolute Gasteiger partial charge is 0.281 e. The van der Waals surface area contributed by atoms with E-state index in [1.165, 1.54) is 24.2 Å². The van der Waals surface area contributed by atoms with Crippen LogP contribution < -0.4 is 0 Å². The molecule has 0 N–H and O–H groups in total. The Kier molecular flexibility index (Phi) is 8.00. The number of amides is 2. The molecule has 1 aromatic carbocycles. The van der Waals surface area contributed by atoms with Crippen LogP contribution in [0.4, 0.5) is 0 Å². The smallest absolute Gasteiger partial charge is 0.271 e. The zero-order valence-electron chi connectivity index (χ0n) is 22.7. The second-order valence-electron chi connectivity index (χ2n) is 10.4. The molecule has 0 aliphatic carbocycles. The summed E-state index contributed by atoms with van der Waals surface area (Å²) in [5.41, 5.74) is 4.87. The van der Waals surface area contributed by atoms with E-state index in [4.69, 9.17) is 20.2 Å². The molecule has 194 valence electrons. The Morgan fingerprint density at radius 3 is 1.53 bits per heavy atom. The highest BCUT2D eigenvalue weighted by atomic mass is 16.2. The first-order valence-electron chi connectivity index (χ1n) is 13.8. The molecule has 3 heterocycles. The maximum atomic E-state index is 13.3. The monoisotopic (exact) mass is 492 g/mol. The lowest BCUT2D eigenvalue weighted by atomic mass is 9.99. The van der Waals surface area contributed by atoms with Crippen molar-refractivity contribution < 1.29 is 9.59 Å². The molecule has 0 saturated heterocycles. The molecule has 8 heteroatoms. The number of fused-ring (bicyclic) bond motifs is 3. The number of carbonyl (C=O) groups excluding carboxylic acids is 2. The van der Waals surface area contributed by atoms with Crippen LogP contribution in [0.2, 0.25) is 0 Å². The van der Waals surface area contributed by atoms with E-state index >= 15 is 0 Å². The Morgan fingerprint density at radius 2 is 1.11 bits per heavy atom. The molecular weight excluding hydrogens is 452 g/mol. The summed E-state index contributed by atoms with van der Waals surface area (Å²) < 4.78 is 0. The highest BCUT2D eigenvalue weighted by Crippen LogP contribution is 2.32. The fraction of sp³-hybridized carbons (Fsp3) is 0.643. The lowest BCUT2D eigenvalue weighted by molar-refractivity contribution is 0.0620. The van der Waals surface area contributed by atoms with Crippen LogP contribution in [0, 0.1) is 25.7 Å². The first-order chi connectivity index (χ1) is 17.3. The standard InChI is InChI=1S/C28H40N6O2/c1-7-11-13-19(9-3)15-33-27(35)25-26(28(33)36)30-22-18(6)24-23(17(5)21(22)29-25)31-34(32-24)16-20(10-4)14-12-8-2/h19-20H,7-16H2,1-6H3. The van der Waals surface area contributed by atoms with E-state index in [0.717, 1.165) is 60.8 Å². The van der Waals surface area contributed by atoms with Crippen LogP contribution in [0.25, 0.3) is 22.1 Å². The summed E-state index contributed by atoms with van der Waals surface area (Å²) in [6.45, 7) is 13.8. The quantitative estimate of drug-likeness (QED) is 0.287. The third-order valence-corrected chi connectivity index (χ3v) is 7.82. The van der Waals surface area contributed by atoms with Gasteiger partial charge in [-0.1, -0.05) is 66.2 Å². The predicted molar refractivity (Wildman–Crippen MR) is 142 cm³/mol. The molecule has 1 aliphatic rings. The Bertz CT molecular complexity index is 1200. The van der Waals surface area contributed by atoms with Gasteiger partial charge in [0.1, 0.15) is 11.0 Å². The van der Waals surface area contributed by atoms with Crippen molar-refractivity contribution in [3.63, 3.8) is 0 Å². The van der Waals surface area contributed by atoms with Gasteiger partial charge in [-0.3, -0.25) is 14.5 Å². The zero-order chi connectivity index (χ0) is 26.0. The number of unbranched alkanes of at least 4 members (excludes halogenated alkanes) is 2. The van der Waals surface area contributed by atoms with E-state index in [-0.39, 0.29) is 23.2 Å². The average molecular weight is 493 g/mol. The average Bonchev–Trinajstić information content (AvgIpc) is 3.41. The summed E-state index contributed by atoms with van der Waals surface area (Å²) in [5.74, 6) is 0.165. The summed E-state index contributed by atoms with van der Waals surface area (Å²) in [6.07, 6.45) is 8.77. The van der Waals surface area contributed by atoms with Gasteiger partial charge in [-0.25, -0.2) is 9.97 Å². The minimum Gasteiger partial charge on any atom is -0.271 e. The summed E-state index contributed by atoms with van der Waals surface area (Å²) in [4.78, 5) is 39.1. The number of nitrogens with zero attached hydrogens (tertiary/aromatic N) is 6. The van der Waals surface area contributed by atoms with Crippen molar-refractivity contribution in [1.29, 1.82) is 0 Å². The number of aromatic nitrogens is 5. The molecule has 0 saturated carbocycles. The van der Waals surface area contributed by atoms with E-state index in [1.807, 2.05) is 13.8 Å². The van der Waals surface area contributed by atoms with Gasteiger partial charge in [0.15, 0.2) is 11.4 Å². The van der Waals surface area contributed by atoms with Crippen LogP contribution in [0.1, 0.15) is 111 Å². The molecule has 3 aromatic rings. The topological polar surface area (TPSA) is 93.9 Å². The van der Waals surface area contributed by atoms with Gasteiger partial charge in [0.2, 0.25) is 0 Å². The molecule has 4 rings (SSSR count). The van der Waals surface area contributed by atoms with E-state index in [0.29, 0.717) is 29.4 Å². The fourth-order valence-corrected chi connectivity index (χ4v) is 5.25. The van der Waals surface area contributed by atoms with Crippen molar-refractivity contribution in [3.8, 4) is 0 Å². The van der Waals surface area contributed by atoms with Gasteiger partial charge in [-0.05, 0) is 38.5 Å². The summed E-state index contributed by atoms with van der Waals surface area (Å²) in [7, 11) is 0. The van der Waals surface area contributed by atoms with Crippen LogP contribution in [0.5, 0.6) is 0 Å². The Labute approximate surface area is 213 Å². The molecular formula is C28H40N6O2. The number of aryl methyl sites for hydroxylation is 2. The molecule has 0 fully saturated rings. The SMILES string of the molecule is CCCCC(CC)CN1C(=O)c2nc3c(C)c4nn(CC(CC)CCCC)nc4c(C)c3nc2C1=O. The second-order valence-corrected chi connectivity index (χ2v) is 10.4. The number of benzene rings is 1. The van der Waals surface area contributed by atoms with Gasteiger partial charge in [0.05, 0.1) is 17.6 Å². The number of hydrogen-bond acceptors (Lipinski definition) is 6. The van der Waals surface area contributed by atoms with Crippen molar-refractivity contribution in [2.24, 2.45) is 11.8 Å². The number of carbonyl (C=O) groups is 2. The van der Waals surface area contributed by atoms with Crippen molar-refractivity contribution >= 4 is 33.9 Å². The maximum absolute atomic E-state index is 13.3. The fourth-order valence-electron chi connectivity index (χ4n) is 5.25. The molecule has 2 amide bonds. The van der Waals surface area contributed by atoms with Gasteiger partial charge in [-0.2, -0.15) is 15.0 Å². The molecule has 0 bridgehead atoms. The Hall–Kier alpha value is -2.90. The van der Waals surface area contributed by atoms with Gasteiger partial charge in [0.25, 0.3) is 11.8 Å². The molecule has 0 spiro atoms. The summed E-state index contributed by atoms with van der Waals surface area (Å²) in [6, 6.07) is 0. The normalized spacial score (nSPS) is 15.3. The van der Waals surface area contributed by atoms with E-state index in [2.05, 4.69) is 27.7 Å². The third-order valence-electron chi connectivity index (χ3n) is 7.82.